The van der Waals surface area contributed by atoms with Crippen LogP contribution in [0.3, 0.4) is 0 Å². The van der Waals surface area contributed by atoms with Crippen molar-refractivity contribution < 1.29 is 23.5 Å². The molecular formula is C24H25FN4O4. The SMILES string of the molecule is O=C1NC(=O)[C@]2(C[C@H](C(=O)N3CCN(CCc4ccccc4)CC3)Oc3ccc(F)cc32)N1. The van der Waals surface area contributed by atoms with Crippen molar-refractivity contribution in [2.75, 3.05) is 32.7 Å². The van der Waals surface area contributed by atoms with Crippen LogP contribution in [0.2, 0.25) is 0 Å². The Labute approximate surface area is 190 Å². The molecule has 4 amide bonds. The van der Waals surface area contributed by atoms with Gasteiger partial charge in [0.25, 0.3) is 11.8 Å². The minimum absolute atomic E-state index is 0.0892. The Morgan fingerprint density at radius 2 is 1.85 bits per heavy atom. The number of benzene rings is 2. The van der Waals surface area contributed by atoms with Crippen molar-refractivity contribution in [1.82, 2.24) is 20.4 Å². The van der Waals surface area contributed by atoms with Gasteiger partial charge >= 0.3 is 6.03 Å². The number of halogens is 1. The molecular weight excluding hydrogens is 427 g/mol. The van der Waals surface area contributed by atoms with Gasteiger partial charge in [-0.2, -0.15) is 0 Å². The molecule has 5 rings (SSSR count). The minimum atomic E-state index is -1.52. The van der Waals surface area contributed by atoms with E-state index in [-0.39, 0.29) is 23.6 Å². The second-order valence-electron chi connectivity index (χ2n) is 8.67. The smallest absolute Gasteiger partial charge is 0.322 e. The first kappa shape index (κ1) is 21.4. The Morgan fingerprint density at radius 3 is 2.55 bits per heavy atom. The fourth-order valence-electron chi connectivity index (χ4n) is 4.81. The lowest BCUT2D eigenvalue weighted by Crippen LogP contribution is -2.57. The average Bonchev–Trinajstić information content (AvgIpc) is 3.11. The summed E-state index contributed by atoms with van der Waals surface area (Å²) in [5.41, 5.74) is -0.0190. The van der Waals surface area contributed by atoms with Crippen molar-refractivity contribution in [3.8, 4) is 5.75 Å². The highest BCUT2D eigenvalue weighted by atomic mass is 19.1. The van der Waals surface area contributed by atoms with Gasteiger partial charge in [0.2, 0.25) is 0 Å². The second-order valence-corrected chi connectivity index (χ2v) is 8.67. The van der Waals surface area contributed by atoms with Crippen molar-refractivity contribution in [3.63, 3.8) is 0 Å². The first-order valence-electron chi connectivity index (χ1n) is 11.1. The third-order valence-corrected chi connectivity index (χ3v) is 6.62. The molecule has 8 nitrogen and oxygen atoms in total. The molecule has 2 saturated heterocycles. The number of hydrogen-bond donors (Lipinski definition) is 2. The number of rotatable bonds is 4. The van der Waals surface area contributed by atoms with Gasteiger partial charge in [-0.05, 0) is 30.2 Å². The number of amides is 4. The van der Waals surface area contributed by atoms with Crippen LogP contribution in [0.4, 0.5) is 9.18 Å². The molecule has 172 valence electrons. The topological polar surface area (TPSA) is 91.0 Å². The number of ether oxygens (including phenoxy) is 1. The van der Waals surface area contributed by atoms with Gasteiger partial charge in [-0.3, -0.25) is 19.8 Å². The number of nitrogens with zero attached hydrogens (tertiary/aromatic N) is 2. The van der Waals surface area contributed by atoms with E-state index in [0.717, 1.165) is 26.1 Å². The zero-order valence-corrected chi connectivity index (χ0v) is 18.1. The molecule has 0 bridgehead atoms. The minimum Gasteiger partial charge on any atom is -0.480 e. The maximum atomic E-state index is 13.9. The van der Waals surface area contributed by atoms with Crippen LogP contribution in [-0.2, 0) is 21.5 Å². The Kier molecular flexibility index (Phi) is 5.49. The Hall–Kier alpha value is -3.46. The lowest BCUT2D eigenvalue weighted by atomic mass is 9.81. The molecule has 2 aromatic rings. The van der Waals surface area contributed by atoms with Crippen LogP contribution in [0, 0.1) is 5.82 Å². The Morgan fingerprint density at radius 1 is 1.09 bits per heavy atom. The lowest BCUT2D eigenvalue weighted by molar-refractivity contribution is -0.143. The van der Waals surface area contributed by atoms with Gasteiger partial charge in [-0.1, -0.05) is 30.3 Å². The summed E-state index contributed by atoms with van der Waals surface area (Å²) in [7, 11) is 0. The van der Waals surface area contributed by atoms with E-state index in [4.69, 9.17) is 4.74 Å². The summed E-state index contributed by atoms with van der Waals surface area (Å²) < 4.78 is 19.8. The normalized spacial score (nSPS) is 24.8. The van der Waals surface area contributed by atoms with Gasteiger partial charge in [-0.15, -0.1) is 0 Å². The first-order valence-corrected chi connectivity index (χ1v) is 11.1. The molecule has 0 unspecified atom stereocenters. The van der Waals surface area contributed by atoms with E-state index in [1.165, 1.54) is 23.8 Å². The standard InChI is InChI=1S/C24H25FN4O4/c25-17-6-7-19-18(14-17)24(22(31)26-23(32)27-24)15-20(33-19)21(30)29-12-10-28(11-13-29)9-8-16-4-2-1-3-5-16/h1-7,14,20H,8-13,15H2,(H2,26,27,31,32)/t20-,24-/m1/s1. The maximum absolute atomic E-state index is 13.9. The number of carbonyl (C=O) groups excluding carboxylic acids is 3. The Balaban J connectivity index is 1.26. The highest BCUT2D eigenvalue weighted by Gasteiger charge is 2.55. The molecule has 33 heavy (non-hydrogen) atoms. The third-order valence-electron chi connectivity index (χ3n) is 6.62. The van der Waals surface area contributed by atoms with E-state index in [9.17, 15) is 18.8 Å². The largest absolute Gasteiger partial charge is 0.480 e. The molecule has 2 atom stereocenters. The summed E-state index contributed by atoms with van der Waals surface area (Å²) in [6.45, 7) is 3.51. The van der Waals surface area contributed by atoms with Crippen LogP contribution in [-0.4, -0.2) is 66.5 Å². The van der Waals surface area contributed by atoms with Crippen LogP contribution in [0.15, 0.2) is 48.5 Å². The fourth-order valence-corrected chi connectivity index (χ4v) is 4.81. The van der Waals surface area contributed by atoms with Crippen molar-refractivity contribution in [2.45, 2.75) is 24.5 Å². The summed E-state index contributed by atoms with van der Waals surface area (Å²) in [4.78, 5) is 42.0. The van der Waals surface area contributed by atoms with Crippen molar-refractivity contribution in [2.24, 2.45) is 0 Å². The number of imide groups is 1. The molecule has 0 saturated carbocycles. The zero-order chi connectivity index (χ0) is 23.0. The number of carbonyl (C=O) groups is 3. The molecule has 0 aliphatic carbocycles. The molecule has 3 aliphatic rings. The first-order chi connectivity index (χ1) is 15.9. The second kappa shape index (κ2) is 8.47. The summed E-state index contributed by atoms with van der Waals surface area (Å²) >= 11 is 0. The molecule has 9 heteroatoms. The molecule has 1 spiro atoms. The van der Waals surface area contributed by atoms with Crippen molar-refractivity contribution >= 4 is 17.8 Å². The number of nitrogens with one attached hydrogen (secondary N) is 2. The van der Waals surface area contributed by atoms with Gasteiger partial charge in [0.15, 0.2) is 11.6 Å². The molecule has 2 N–H and O–H groups in total. The van der Waals surface area contributed by atoms with E-state index in [0.29, 0.717) is 13.1 Å². The van der Waals surface area contributed by atoms with Crippen LogP contribution in [0.5, 0.6) is 5.75 Å². The predicted molar refractivity (Wildman–Crippen MR) is 117 cm³/mol. The summed E-state index contributed by atoms with van der Waals surface area (Å²) in [6, 6.07) is 13.4. The predicted octanol–water partition coefficient (Wildman–Crippen LogP) is 1.40. The van der Waals surface area contributed by atoms with Gasteiger partial charge < -0.3 is 15.0 Å². The van der Waals surface area contributed by atoms with E-state index < -0.39 is 29.4 Å². The van der Waals surface area contributed by atoms with Gasteiger partial charge in [0.05, 0.1) is 0 Å². The molecule has 2 aromatic carbocycles. The molecule has 0 aromatic heterocycles. The maximum Gasteiger partial charge on any atom is 0.322 e. The molecule has 3 heterocycles. The van der Waals surface area contributed by atoms with E-state index in [2.05, 4.69) is 27.7 Å². The number of piperazine rings is 1. The highest BCUT2D eigenvalue weighted by Crippen LogP contribution is 2.42. The third kappa shape index (κ3) is 4.04. The summed E-state index contributed by atoms with van der Waals surface area (Å²) in [5.74, 6) is -1.17. The highest BCUT2D eigenvalue weighted by molar-refractivity contribution is 6.08. The number of hydrogen-bond acceptors (Lipinski definition) is 5. The number of urea groups is 1. The van der Waals surface area contributed by atoms with Crippen molar-refractivity contribution in [1.29, 1.82) is 0 Å². The summed E-state index contributed by atoms with van der Waals surface area (Å²) in [6.07, 6.45) is -0.0952. The van der Waals surface area contributed by atoms with E-state index in [1.807, 2.05) is 18.2 Å². The number of fused-ring (bicyclic) bond motifs is 2. The molecule has 3 aliphatic heterocycles. The lowest BCUT2D eigenvalue weighted by Gasteiger charge is -2.40. The molecule has 0 radical (unpaired) electrons. The quantitative estimate of drug-likeness (QED) is 0.685. The average molecular weight is 452 g/mol. The monoisotopic (exact) mass is 452 g/mol. The zero-order valence-electron chi connectivity index (χ0n) is 18.1. The Bertz CT molecular complexity index is 1090. The van der Waals surface area contributed by atoms with Crippen LogP contribution in [0.25, 0.3) is 0 Å². The van der Waals surface area contributed by atoms with E-state index >= 15 is 0 Å². The van der Waals surface area contributed by atoms with Gasteiger partial charge in [0.1, 0.15) is 11.6 Å². The van der Waals surface area contributed by atoms with Crippen LogP contribution in [0.1, 0.15) is 17.5 Å². The van der Waals surface area contributed by atoms with Crippen molar-refractivity contribution in [3.05, 3.63) is 65.5 Å². The van der Waals surface area contributed by atoms with Crippen LogP contribution < -0.4 is 15.4 Å². The summed E-state index contributed by atoms with van der Waals surface area (Å²) in [5, 5.41) is 4.82. The fraction of sp³-hybridized carbons (Fsp3) is 0.375. The van der Waals surface area contributed by atoms with Gasteiger partial charge in [0, 0.05) is 44.7 Å². The molecule has 2 fully saturated rings. The van der Waals surface area contributed by atoms with E-state index in [1.54, 1.807) is 4.90 Å². The van der Waals surface area contributed by atoms with Gasteiger partial charge in [-0.25, -0.2) is 9.18 Å². The van der Waals surface area contributed by atoms with Crippen LogP contribution >= 0.6 is 0 Å².